The molecule has 0 heterocycles. The van der Waals surface area contributed by atoms with Gasteiger partial charge in [0.1, 0.15) is 0 Å². The summed E-state index contributed by atoms with van der Waals surface area (Å²) in [5.41, 5.74) is 1.09. The van der Waals surface area contributed by atoms with Crippen molar-refractivity contribution in [3.63, 3.8) is 0 Å². The zero-order valence-corrected chi connectivity index (χ0v) is 12.1. The molecule has 94 valence electrons. The van der Waals surface area contributed by atoms with Crippen molar-refractivity contribution < 1.29 is 13.2 Å². The van der Waals surface area contributed by atoms with Crippen LogP contribution >= 0.6 is 15.9 Å². The van der Waals surface area contributed by atoms with Crippen LogP contribution in [0.2, 0.25) is 0 Å². The van der Waals surface area contributed by atoms with Crippen molar-refractivity contribution in [3.05, 3.63) is 33.8 Å². The summed E-state index contributed by atoms with van der Waals surface area (Å²) in [5, 5.41) is 0. The van der Waals surface area contributed by atoms with Crippen LogP contribution in [0.1, 0.15) is 29.3 Å². The predicted molar refractivity (Wildman–Crippen MR) is 70.4 cm³/mol. The van der Waals surface area contributed by atoms with Gasteiger partial charge in [0, 0.05) is 10.0 Å². The topological polar surface area (TPSA) is 63.2 Å². The fourth-order valence-electron chi connectivity index (χ4n) is 1.35. The summed E-state index contributed by atoms with van der Waals surface area (Å²) >= 11 is 3.25. The molecule has 0 aromatic heterocycles. The zero-order valence-electron chi connectivity index (χ0n) is 9.66. The summed E-state index contributed by atoms with van der Waals surface area (Å²) in [7, 11) is -3.52. The number of hydrogen-bond acceptors (Lipinski definition) is 3. The van der Waals surface area contributed by atoms with E-state index >= 15 is 0 Å². The number of nitrogens with one attached hydrogen (secondary N) is 1. The number of sulfonamides is 1. The van der Waals surface area contributed by atoms with Crippen LogP contribution in [0.25, 0.3) is 0 Å². The molecule has 0 spiro atoms. The Labute approximate surface area is 110 Å². The molecular weight excluding hydrogens is 306 g/mol. The maximum atomic E-state index is 11.8. The highest BCUT2D eigenvalue weighted by Gasteiger charge is 2.16. The number of hydrogen-bond donors (Lipinski definition) is 1. The van der Waals surface area contributed by atoms with Crippen molar-refractivity contribution in [1.82, 2.24) is 4.72 Å². The van der Waals surface area contributed by atoms with Gasteiger partial charge in [-0.15, -0.1) is 0 Å². The fourth-order valence-corrected chi connectivity index (χ4v) is 2.75. The van der Waals surface area contributed by atoms with Gasteiger partial charge >= 0.3 is 0 Å². The molecule has 1 aromatic rings. The minimum atomic E-state index is -3.52. The first-order chi connectivity index (χ1) is 7.85. The van der Waals surface area contributed by atoms with Crippen LogP contribution in [-0.2, 0) is 10.0 Å². The predicted octanol–water partition coefficient (Wildman–Crippen LogP) is 2.23. The van der Waals surface area contributed by atoms with Crippen LogP contribution in [0.4, 0.5) is 0 Å². The number of amides is 1. The second-order valence-corrected chi connectivity index (χ2v) is 6.47. The first-order valence-electron chi connectivity index (χ1n) is 5.16. The number of aryl methyl sites for hydroxylation is 1. The Hall–Kier alpha value is -0.880. The van der Waals surface area contributed by atoms with E-state index in [0.717, 1.165) is 10.0 Å². The maximum Gasteiger partial charge on any atom is 0.265 e. The van der Waals surface area contributed by atoms with Gasteiger partial charge in [0.2, 0.25) is 10.0 Å². The SMILES string of the molecule is CCCS(=O)(=O)NC(=O)c1cc(Br)ccc1C. The average molecular weight is 320 g/mol. The first kappa shape index (κ1) is 14.2. The van der Waals surface area contributed by atoms with Gasteiger partial charge in [-0.3, -0.25) is 4.79 Å². The zero-order chi connectivity index (χ0) is 13.1. The summed E-state index contributed by atoms with van der Waals surface area (Å²) in [6.07, 6.45) is 0.472. The van der Waals surface area contributed by atoms with Crippen molar-refractivity contribution in [2.24, 2.45) is 0 Å². The van der Waals surface area contributed by atoms with Crippen LogP contribution in [-0.4, -0.2) is 20.1 Å². The summed E-state index contributed by atoms with van der Waals surface area (Å²) in [5.74, 6) is -0.636. The molecule has 1 N–H and O–H groups in total. The van der Waals surface area contributed by atoms with E-state index in [1.807, 2.05) is 0 Å². The third kappa shape index (κ3) is 4.12. The monoisotopic (exact) mass is 319 g/mol. The van der Waals surface area contributed by atoms with E-state index in [1.54, 1.807) is 32.0 Å². The lowest BCUT2D eigenvalue weighted by Crippen LogP contribution is -2.32. The van der Waals surface area contributed by atoms with Crippen molar-refractivity contribution >= 4 is 31.9 Å². The van der Waals surface area contributed by atoms with E-state index < -0.39 is 15.9 Å². The largest absolute Gasteiger partial charge is 0.268 e. The van der Waals surface area contributed by atoms with E-state index in [1.165, 1.54) is 0 Å². The standard InChI is InChI=1S/C11H14BrNO3S/c1-3-6-17(15,16)13-11(14)10-7-9(12)5-4-8(10)2/h4-5,7H,3,6H2,1-2H3,(H,13,14). The highest BCUT2D eigenvalue weighted by atomic mass is 79.9. The second-order valence-electron chi connectivity index (χ2n) is 3.71. The number of rotatable bonds is 4. The van der Waals surface area contributed by atoms with Gasteiger partial charge in [0.25, 0.3) is 5.91 Å². The molecule has 0 saturated heterocycles. The van der Waals surface area contributed by atoms with Gasteiger partial charge in [-0.2, -0.15) is 0 Å². The minimum Gasteiger partial charge on any atom is -0.268 e. The second kappa shape index (κ2) is 5.64. The minimum absolute atomic E-state index is 0.0498. The number of benzene rings is 1. The smallest absolute Gasteiger partial charge is 0.265 e. The van der Waals surface area contributed by atoms with E-state index in [9.17, 15) is 13.2 Å². The third-order valence-electron chi connectivity index (χ3n) is 2.17. The van der Waals surface area contributed by atoms with E-state index in [-0.39, 0.29) is 5.75 Å². The lowest BCUT2D eigenvalue weighted by atomic mass is 10.1. The quantitative estimate of drug-likeness (QED) is 0.925. The Kier molecular flexibility index (Phi) is 4.70. The van der Waals surface area contributed by atoms with Gasteiger partial charge in [-0.05, 0) is 31.0 Å². The lowest BCUT2D eigenvalue weighted by molar-refractivity contribution is 0.0981. The van der Waals surface area contributed by atoms with Crippen LogP contribution in [0.5, 0.6) is 0 Å². The van der Waals surface area contributed by atoms with Gasteiger partial charge in [-0.25, -0.2) is 13.1 Å². The third-order valence-corrected chi connectivity index (χ3v) is 4.10. The molecule has 0 aliphatic heterocycles. The molecule has 0 saturated carbocycles. The molecule has 1 amide bonds. The normalized spacial score (nSPS) is 11.2. The van der Waals surface area contributed by atoms with Gasteiger partial charge in [-0.1, -0.05) is 28.9 Å². The highest BCUT2D eigenvalue weighted by molar-refractivity contribution is 9.10. The Morgan fingerprint density at radius 1 is 1.41 bits per heavy atom. The molecule has 6 heteroatoms. The summed E-state index contributed by atoms with van der Waals surface area (Å²) in [4.78, 5) is 11.8. The summed E-state index contributed by atoms with van der Waals surface area (Å²) in [6, 6.07) is 5.16. The molecule has 0 unspecified atom stereocenters. The number of carbonyl (C=O) groups is 1. The van der Waals surface area contributed by atoms with Crippen LogP contribution in [0.3, 0.4) is 0 Å². The van der Waals surface area contributed by atoms with Gasteiger partial charge in [0.15, 0.2) is 0 Å². The van der Waals surface area contributed by atoms with Crippen molar-refractivity contribution in [1.29, 1.82) is 0 Å². The van der Waals surface area contributed by atoms with Crippen LogP contribution < -0.4 is 4.72 Å². The number of halogens is 1. The highest BCUT2D eigenvalue weighted by Crippen LogP contribution is 2.16. The van der Waals surface area contributed by atoms with E-state index in [0.29, 0.717) is 12.0 Å². The molecule has 0 aliphatic carbocycles. The number of carbonyl (C=O) groups excluding carboxylic acids is 1. The van der Waals surface area contributed by atoms with Crippen LogP contribution in [0.15, 0.2) is 22.7 Å². The molecular formula is C11H14BrNO3S. The fraction of sp³-hybridized carbons (Fsp3) is 0.364. The Balaban J connectivity index is 2.94. The Morgan fingerprint density at radius 2 is 2.06 bits per heavy atom. The molecule has 0 atom stereocenters. The molecule has 17 heavy (non-hydrogen) atoms. The Bertz CT molecular complexity index is 526. The summed E-state index contributed by atoms with van der Waals surface area (Å²) in [6.45, 7) is 3.50. The molecule has 0 aliphatic rings. The van der Waals surface area contributed by atoms with E-state index in [2.05, 4.69) is 20.7 Å². The summed E-state index contributed by atoms with van der Waals surface area (Å²) < 4.78 is 25.7. The maximum absolute atomic E-state index is 11.8. The molecule has 0 bridgehead atoms. The van der Waals surface area contributed by atoms with Gasteiger partial charge in [0.05, 0.1) is 5.75 Å². The van der Waals surface area contributed by atoms with E-state index in [4.69, 9.17) is 0 Å². The van der Waals surface area contributed by atoms with Gasteiger partial charge < -0.3 is 0 Å². The lowest BCUT2D eigenvalue weighted by Gasteiger charge is -2.08. The van der Waals surface area contributed by atoms with Crippen molar-refractivity contribution in [2.45, 2.75) is 20.3 Å². The Morgan fingerprint density at radius 3 is 2.65 bits per heavy atom. The molecule has 0 fully saturated rings. The molecule has 0 radical (unpaired) electrons. The molecule has 4 nitrogen and oxygen atoms in total. The van der Waals surface area contributed by atoms with Crippen molar-refractivity contribution in [3.8, 4) is 0 Å². The first-order valence-corrected chi connectivity index (χ1v) is 7.61. The van der Waals surface area contributed by atoms with Crippen LogP contribution in [0, 0.1) is 6.92 Å². The molecule has 1 rings (SSSR count). The molecule has 1 aromatic carbocycles. The van der Waals surface area contributed by atoms with Crippen molar-refractivity contribution in [2.75, 3.05) is 5.75 Å². The average Bonchev–Trinajstić information content (AvgIpc) is 2.20.